The number of carbonyl (C=O) groups is 1. The summed E-state index contributed by atoms with van der Waals surface area (Å²) in [5.41, 5.74) is 0.676. The molecule has 7 nitrogen and oxygen atoms in total. The molecule has 1 aromatic carbocycles. The molecule has 1 aliphatic heterocycles. The molecule has 1 saturated heterocycles. The molecule has 1 aliphatic rings. The van der Waals surface area contributed by atoms with Gasteiger partial charge >= 0.3 is 0 Å². The Morgan fingerprint density at radius 2 is 2.03 bits per heavy atom. The lowest BCUT2D eigenvalue weighted by atomic mass is 10.1. The summed E-state index contributed by atoms with van der Waals surface area (Å²) in [6, 6.07) is 3.08. The van der Waals surface area contributed by atoms with Crippen LogP contribution in [-0.2, 0) is 14.6 Å². The number of nitrogens with zero attached hydrogens (tertiary/aromatic N) is 2. The van der Waals surface area contributed by atoms with E-state index < -0.39 is 9.84 Å². The standard InChI is InChI=1S/C20H29ClN2O5S/c1-14(2)12-28-20-17(21)10-15(11-18(20)27-5)6-7-19(24)23(22(3)4)16-8-9-29(25,26)13-16/h6-7,10-11,14,16H,8-9,12-13H2,1-5H3/b7-6+. The number of hydrogen-bond donors (Lipinski definition) is 0. The van der Waals surface area contributed by atoms with Crippen molar-refractivity contribution < 1.29 is 22.7 Å². The fraction of sp³-hybridized carbons (Fsp3) is 0.550. The van der Waals surface area contributed by atoms with Gasteiger partial charge in [-0.3, -0.25) is 9.80 Å². The van der Waals surface area contributed by atoms with Crippen LogP contribution in [0.15, 0.2) is 18.2 Å². The van der Waals surface area contributed by atoms with Crippen molar-refractivity contribution >= 4 is 33.4 Å². The average molecular weight is 445 g/mol. The molecule has 162 valence electrons. The molecule has 0 spiro atoms. The van der Waals surface area contributed by atoms with E-state index >= 15 is 0 Å². The Balaban J connectivity index is 2.20. The fourth-order valence-corrected chi connectivity index (χ4v) is 5.11. The smallest absolute Gasteiger partial charge is 0.261 e. The zero-order valence-corrected chi connectivity index (χ0v) is 19.1. The molecule has 2 rings (SSSR count). The Labute approximate surface area is 178 Å². The fourth-order valence-electron chi connectivity index (χ4n) is 3.14. The van der Waals surface area contributed by atoms with Crippen molar-refractivity contribution in [1.82, 2.24) is 10.0 Å². The molecule has 9 heteroatoms. The van der Waals surface area contributed by atoms with Crippen LogP contribution in [0.4, 0.5) is 0 Å². The Bertz CT molecular complexity index is 868. The first kappa shape index (κ1) is 23.5. The molecule has 0 radical (unpaired) electrons. The molecule has 0 aliphatic carbocycles. The SMILES string of the molecule is COc1cc(/C=C/C(=O)N(C2CCS(=O)(=O)C2)N(C)C)cc(Cl)c1OCC(C)C. The first-order valence-corrected chi connectivity index (χ1v) is 11.6. The second-order valence-corrected chi connectivity index (χ2v) is 10.3. The molecule has 1 aromatic rings. The predicted octanol–water partition coefficient (Wildman–Crippen LogP) is 2.89. The quantitative estimate of drug-likeness (QED) is 0.453. The van der Waals surface area contributed by atoms with Crippen LogP contribution in [0, 0.1) is 5.92 Å². The van der Waals surface area contributed by atoms with Crippen LogP contribution in [0.3, 0.4) is 0 Å². The molecule has 1 fully saturated rings. The van der Waals surface area contributed by atoms with E-state index in [0.717, 1.165) is 0 Å². The Kier molecular flexibility index (Phi) is 7.96. The lowest BCUT2D eigenvalue weighted by Crippen LogP contribution is -2.48. The summed E-state index contributed by atoms with van der Waals surface area (Å²) in [4.78, 5) is 12.8. The zero-order valence-electron chi connectivity index (χ0n) is 17.5. The Morgan fingerprint density at radius 3 is 2.55 bits per heavy atom. The topological polar surface area (TPSA) is 76.2 Å². The number of rotatable bonds is 8. The van der Waals surface area contributed by atoms with Crippen LogP contribution in [0.1, 0.15) is 25.8 Å². The minimum Gasteiger partial charge on any atom is -0.493 e. The molecule has 0 aromatic heterocycles. The van der Waals surface area contributed by atoms with E-state index in [-0.39, 0.29) is 23.5 Å². The molecular weight excluding hydrogens is 416 g/mol. The molecule has 1 unspecified atom stereocenters. The van der Waals surface area contributed by atoms with Crippen molar-refractivity contribution in [2.75, 3.05) is 39.3 Å². The molecule has 1 amide bonds. The summed E-state index contributed by atoms with van der Waals surface area (Å²) >= 11 is 6.35. The summed E-state index contributed by atoms with van der Waals surface area (Å²) in [7, 11) is 1.87. The maximum Gasteiger partial charge on any atom is 0.261 e. The van der Waals surface area contributed by atoms with Crippen molar-refractivity contribution in [2.45, 2.75) is 26.3 Å². The van der Waals surface area contributed by atoms with Crippen molar-refractivity contribution in [1.29, 1.82) is 0 Å². The van der Waals surface area contributed by atoms with Gasteiger partial charge in [-0.05, 0) is 36.1 Å². The van der Waals surface area contributed by atoms with Gasteiger partial charge in [0.2, 0.25) is 0 Å². The maximum atomic E-state index is 12.8. The number of ether oxygens (including phenoxy) is 2. The van der Waals surface area contributed by atoms with E-state index in [4.69, 9.17) is 21.1 Å². The first-order valence-electron chi connectivity index (χ1n) is 9.43. The van der Waals surface area contributed by atoms with Gasteiger partial charge in [0.05, 0.1) is 36.3 Å². The molecule has 1 heterocycles. The molecule has 1 atom stereocenters. The minimum atomic E-state index is -3.10. The van der Waals surface area contributed by atoms with Crippen LogP contribution in [0.2, 0.25) is 5.02 Å². The van der Waals surface area contributed by atoms with Crippen LogP contribution < -0.4 is 9.47 Å². The van der Waals surface area contributed by atoms with Gasteiger partial charge in [-0.15, -0.1) is 0 Å². The lowest BCUT2D eigenvalue weighted by Gasteiger charge is -2.32. The second kappa shape index (κ2) is 9.82. The summed E-state index contributed by atoms with van der Waals surface area (Å²) in [6.45, 7) is 4.58. The van der Waals surface area contributed by atoms with E-state index in [1.807, 2.05) is 13.8 Å². The van der Waals surface area contributed by atoms with Crippen LogP contribution in [0.25, 0.3) is 6.08 Å². The normalized spacial score (nSPS) is 18.6. The number of methoxy groups -OCH3 is 1. The molecule has 0 N–H and O–H groups in total. The number of hydrogen-bond acceptors (Lipinski definition) is 6. The minimum absolute atomic E-state index is 0.0215. The number of hydrazine groups is 1. The highest BCUT2D eigenvalue weighted by atomic mass is 35.5. The van der Waals surface area contributed by atoms with Gasteiger partial charge in [-0.1, -0.05) is 25.4 Å². The number of halogens is 1. The predicted molar refractivity (Wildman–Crippen MR) is 115 cm³/mol. The van der Waals surface area contributed by atoms with Crippen LogP contribution in [0.5, 0.6) is 11.5 Å². The third kappa shape index (κ3) is 6.35. The van der Waals surface area contributed by atoms with Crippen molar-refractivity contribution in [3.05, 3.63) is 28.8 Å². The monoisotopic (exact) mass is 444 g/mol. The van der Waals surface area contributed by atoms with Gasteiger partial charge in [0.25, 0.3) is 5.91 Å². The summed E-state index contributed by atoms with van der Waals surface area (Å²) in [5, 5.41) is 3.48. The van der Waals surface area contributed by atoms with Gasteiger partial charge < -0.3 is 9.47 Å². The third-order valence-corrected chi connectivity index (χ3v) is 6.47. The molecule has 0 bridgehead atoms. The largest absolute Gasteiger partial charge is 0.493 e. The number of carbonyl (C=O) groups excluding carboxylic acids is 1. The van der Waals surface area contributed by atoms with E-state index in [1.165, 1.54) is 18.2 Å². The van der Waals surface area contributed by atoms with Gasteiger partial charge in [0.1, 0.15) is 0 Å². The Hall–Kier alpha value is -1.77. The van der Waals surface area contributed by atoms with Crippen LogP contribution >= 0.6 is 11.6 Å². The lowest BCUT2D eigenvalue weighted by molar-refractivity contribution is -0.143. The van der Waals surface area contributed by atoms with Gasteiger partial charge in [0, 0.05) is 20.2 Å². The molecular formula is C20H29ClN2O5S. The number of amides is 1. The molecule has 29 heavy (non-hydrogen) atoms. The van der Waals surface area contributed by atoms with E-state index in [2.05, 4.69) is 0 Å². The van der Waals surface area contributed by atoms with E-state index in [1.54, 1.807) is 37.3 Å². The summed E-state index contributed by atoms with van der Waals surface area (Å²) in [5.74, 6) is 1.07. The summed E-state index contributed by atoms with van der Waals surface area (Å²) < 4.78 is 34.7. The van der Waals surface area contributed by atoms with Gasteiger partial charge in [-0.25, -0.2) is 13.4 Å². The van der Waals surface area contributed by atoms with Gasteiger partial charge in [-0.2, -0.15) is 0 Å². The number of sulfone groups is 1. The third-order valence-electron chi connectivity index (χ3n) is 4.44. The number of benzene rings is 1. The summed E-state index contributed by atoms with van der Waals surface area (Å²) in [6.07, 6.45) is 3.47. The van der Waals surface area contributed by atoms with Crippen LogP contribution in [-0.4, -0.2) is 69.7 Å². The average Bonchev–Trinajstić information content (AvgIpc) is 2.97. The maximum absolute atomic E-state index is 12.8. The highest BCUT2D eigenvalue weighted by molar-refractivity contribution is 7.91. The van der Waals surface area contributed by atoms with Crippen molar-refractivity contribution in [2.24, 2.45) is 5.92 Å². The second-order valence-electron chi connectivity index (χ2n) is 7.66. The Morgan fingerprint density at radius 1 is 1.34 bits per heavy atom. The highest BCUT2D eigenvalue weighted by Crippen LogP contribution is 2.37. The zero-order chi connectivity index (χ0) is 21.8. The highest BCUT2D eigenvalue weighted by Gasteiger charge is 2.35. The van der Waals surface area contributed by atoms with Crippen molar-refractivity contribution in [3.63, 3.8) is 0 Å². The first-order chi connectivity index (χ1) is 13.5. The molecule has 0 saturated carbocycles. The van der Waals surface area contributed by atoms with E-state index in [0.29, 0.717) is 41.0 Å². The van der Waals surface area contributed by atoms with E-state index in [9.17, 15) is 13.2 Å². The van der Waals surface area contributed by atoms with Crippen molar-refractivity contribution in [3.8, 4) is 11.5 Å². The van der Waals surface area contributed by atoms with Gasteiger partial charge in [0.15, 0.2) is 21.3 Å².